The van der Waals surface area contributed by atoms with Crippen molar-refractivity contribution in [1.82, 2.24) is 0 Å². The summed E-state index contributed by atoms with van der Waals surface area (Å²) in [5.41, 5.74) is 0. The van der Waals surface area contributed by atoms with Gasteiger partial charge in [-0.15, -0.1) is 0 Å². The van der Waals surface area contributed by atoms with Crippen molar-refractivity contribution in [3.05, 3.63) is 24.2 Å². The van der Waals surface area contributed by atoms with Crippen LogP contribution in [0.1, 0.15) is 5.76 Å². The summed E-state index contributed by atoms with van der Waals surface area (Å²) in [5.74, 6) is 0.611. The molecule has 1 heterocycles. The third-order valence-electron chi connectivity index (χ3n) is 0.736. The van der Waals surface area contributed by atoms with Gasteiger partial charge in [0, 0.05) is 14.2 Å². The lowest BCUT2D eigenvalue weighted by molar-refractivity contribution is 0.247. The number of rotatable bonds is 1. The molecule has 0 aromatic carbocycles. The summed E-state index contributed by atoms with van der Waals surface area (Å²) in [6.07, 6.45) is 1.53. The van der Waals surface area contributed by atoms with Crippen LogP contribution >= 0.6 is 0 Å². The second-order valence-corrected chi connectivity index (χ2v) is 1.65. The molecule has 1 aromatic heterocycles. The number of hydrogen-bond donors (Lipinski definition) is 1. The van der Waals surface area contributed by atoms with Gasteiger partial charge in [-0.25, -0.2) is 0 Å². The zero-order valence-corrected chi connectivity index (χ0v) is 6.20. The van der Waals surface area contributed by atoms with Crippen molar-refractivity contribution in [3.63, 3.8) is 0 Å². The van der Waals surface area contributed by atoms with Crippen molar-refractivity contribution in [2.45, 2.75) is 6.61 Å². The van der Waals surface area contributed by atoms with Gasteiger partial charge in [0.15, 0.2) is 0 Å². The first kappa shape index (κ1) is 9.20. The van der Waals surface area contributed by atoms with E-state index >= 15 is 0 Å². The van der Waals surface area contributed by atoms with Gasteiger partial charge in [-0.1, -0.05) is 0 Å². The van der Waals surface area contributed by atoms with Gasteiger partial charge in [-0.05, 0) is 12.1 Å². The van der Waals surface area contributed by atoms with Crippen LogP contribution in [0.25, 0.3) is 0 Å². The van der Waals surface area contributed by atoms with Gasteiger partial charge in [0.05, 0.1) is 6.26 Å². The topological polar surface area (TPSA) is 42.6 Å². The number of furan rings is 1. The Kier molecular flexibility index (Phi) is 5.82. The van der Waals surface area contributed by atoms with Gasteiger partial charge in [-0.2, -0.15) is 0 Å². The highest BCUT2D eigenvalue weighted by atomic mass is 16.4. The number of hydrogen-bond acceptors (Lipinski definition) is 3. The smallest absolute Gasteiger partial charge is 0.129 e. The van der Waals surface area contributed by atoms with Gasteiger partial charge in [0.2, 0.25) is 0 Å². The first-order valence-electron chi connectivity index (χ1n) is 2.88. The number of methoxy groups -OCH3 is 1. The van der Waals surface area contributed by atoms with E-state index in [1.54, 1.807) is 26.4 Å². The summed E-state index contributed by atoms with van der Waals surface area (Å²) < 4.78 is 8.98. The molecule has 1 aromatic rings. The zero-order valence-electron chi connectivity index (χ0n) is 6.20. The van der Waals surface area contributed by atoms with Crippen molar-refractivity contribution in [1.29, 1.82) is 0 Å². The number of ether oxygens (including phenoxy) is 1. The van der Waals surface area contributed by atoms with Gasteiger partial charge >= 0.3 is 0 Å². The minimum Gasteiger partial charge on any atom is -0.467 e. The predicted molar refractivity (Wildman–Crippen MR) is 37.6 cm³/mol. The maximum absolute atomic E-state index is 8.33. The van der Waals surface area contributed by atoms with E-state index in [-0.39, 0.29) is 6.61 Å². The van der Waals surface area contributed by atoms with Gasteiger partial charge in [-0.3, -0.25) is 0 Å². The third kappa shape index (κ3) is 4.12. The first-order valence-corrected chi connectivity index (χ1v) is 2.88. The molecule has 3 nitrogen and oxygen atoms in total. The van der Waals surface area contributed by atoms with Crippen molar-refractivity contribution >= 4 is 0 Å². The molecule has 0 fully saturated rings. The Morgan fingerprint density at radius 2 is 2.20 bits per heavy atom. The van der Waals surface area contributed by atoms with Crippen LogP contribution in [0.5, 0.6) is 0 Å². The van der Waals surface area contributed by atoms with Crippen molar-refractivity contribution < 1.29 is 14.3 Å². The molecule has 10 heavy (non-hydrogen) atoms. The summed E-state index contributed by atoms with van der Waals surface area (Å²) in [5, 5.41) is 8.33. The lowest BCUT2D eigenvalue weighted by Crippen LogP contribution is -1.72. The summed E-state index contributed by atoms with van der Waals surface area (Å²) in [4.78, 5) is 0. The fraction of sp³-hybridized carbons (Fsp3) is 0.429. The van der Waals surface area contributed by atoms with Gasteiger partial charge < -0.3 is 14.3 Å². The molecule has 0 aliphatic carbocycles. The van der Waals surface area contributed by atoms with Gasteiger partial charge in [0.25, 0.3) is 0 Å². The van der Waals surface area contributed by atoms with Crippen LogP contribution in [0.3, 0.4) is 0 Å². The van der Waals surface area contributed by atoms with E-state index < -0.39 is 0 Å². The monoisotopic (exact) mass is 144 g/mol. The molecule has 0 radical (unpaired) electrons. The molecule has 0 amide bonds. The van der Waals surface area contributed by atoms with Crippen molar-refractivity contribution in [2.75, 3.05) is 14.2 Å². The third-order valence-corrected chi connectivity index (χ3v) is 0.736. The highest BCUT2D eigenvalue weighted by Gasteiger charge is 1.85. The quantitative estimate of drug-likeness (QED) is 0.640. The molecule has 1 N–H and O–H groups in total. The standard InChI is InChI=1S/C5H6O2.C2H6O/c6-4-5-2-1-3-7-5;1-3-2/h1-3,6H,4H2;1-2H3. The molecule has 0 saturated heterocycles. The van der Waals surface area contributed by atoms with Gasteiger partial charge in [0.1, 0.15) is 12.4 Å². The minimum atomic E-state index is -0.00694. The zero-order chi connectivity index (χ0) is 7.82. The van der Waals surface area contributed by atoms with Crippen LogP contribution in [0.15, 0.2) is 22.8 Å². The highest BCUT2D eigenvalue weighted by molar-refractivity contribution is 4.95. The average Bonchev–Trinajstić information content (AvgIpc) is 2.39. The summed E-state index contributed by atoms with van der Waals surface area (Å²) in [6.45, 7) is -0.00694. The van der Waals surface area contributed by atoms with Crippen LogP contribution < -0.4 is 0 Å². The molecule has 1 rings (SSSR count). The number of aliphatic hydroxyl groups excluding tert-OH is 1. The van der Waals surface area contributed by atoms with E-state index in [1.165, 1.54) is 6.26 Å². The Hall–Kier alpha value is -0.800. The largest absolute Gasteiger partial charge is 0.467 e. The molecule has 0 atom stereocenters. The molecular formula is C7H12O3. The van der Waals surface area contributed by atoms with E-state index in [0.717, 1.165) is 0 Å². The van der Waals surface area contributed by atoms with E-state index in [1.807, 2.05) is 0 Å². The minimum absolute atomic E-state index is 0.00694. The molecule has 0 unspecified atom stereocenters. The van der Waals surface area contributed by atoms with E-state index in [9.17, 15) is 0 Å². The van der Waals surface area contributed by atoms with E-state index in [2.05, 4.69) is 4.74 Å². The van der Waals surface area contributed by atoms with E-state index in [4.69, 9.17) is 9.52 Å². The summed E-state index contributed by atoms with van der Waals surface area (Å²) >= 11 is 0. The van der Waals surface area contributed by atoms with Crippen molar-refractivity contribution in [2.24, 2.45) is 0 Å². The number of aliphatic hydroxyl groups is 1. The SMILES string of the molecule is COC.OCc1ccco1. The summed E-state index contributed by atoms with van der Waals surface area (Å²) in [6, 6.07) is 3.46. The highest BCUT2D eigenvalue weighted by Crippen LogP contribution is 1.96. The fourth-order valence-corrected chi connectivity index (χ4v) is 0.403. The Morgan fingerprint density at radius 1 is 1.60 bits per heavy atom. The van der Waals surface area contributed by atoms with Crippen LogP contribution in [0.4, 0.5) is 0 Å². The molecule has 0 aliphatic heterocycles. The first-order chi connectivity index (χ1) is 4.85. The second kappa shape index (κ2) is 6.32. The normalized spacial score (nSPS) is 8.30. The van der Waals surface area contributed by atoms with Crippen LogP contribution in [-0.4, -0.2) is 19.3 Å². The molecule has 58 valence electrons. The van der Waals surface area contributed by atoms with Crippen LogP contribution in [0.2, 0.25) is 0 Å². The Balaban J connectivity index is 0.000000236. The Morgan fingerprint density at radius 3 is 2.40 bits per heavy atom. The lowest BCUT2D eigenvalue weighted by Gasteiger charge is -1.79. The Bertz CT molecular complexity index is 135. The molecule has 3 heteroatoms. The van der Waals surface area contributed by atoms with E-state index in [0.29, 0.717) is 5.76 Å². The van der Waals surface area contributed by atoms with Crippen LogP contribution in [0, 0.1) is 0 Å². The molecule has 0 saturated carbocycles. The molecule has 0 aliphatic rings. The van der Waals surface area contributed by atoms with Crippen LogP contribution in [-0.2, 0) is 11.3 Å². The fourth-order valence-electron chi connectivity index (χ4n) is 0.403. The predicted octanol–water partition coefficient (Wildman–Crippen LogP) is 1.03. The average molecular weight is 144 g/mol. The molecular weight excluding hydrogens is 132 g/mol. The molecule has 0 bridgehead atoms. The van der Waals surface area contributed by atoms with Crippen molar-refractivity contribution in [3.8, 4) is 0 Å². The maximum Gasteiger partial charge on any atom is 0.129 e. The summed E-state index contributed by atoms with van der Waals surface area (Å²) in [7, 11) is 3.25. The maximum atomic E-state index is 8.33. The molecule has 0 spiro atoms. The second-order valence-electron chi connectivity index (χ2n) is 1.65. The lowest BCUT2D eigenvalue weighted by atomic mass is 10.5. The Labute approximate surface area is 60.2 Å².